The largest absolute Gasteiger partial charge is 0.481 e. The molecule has 0 atom stereocenters. The lowest BCUT2D eigenvalue weighted by Gasteiger charge is -1.97. The maximum Gasteiger partial charge on any atom is 0.307 e. The Morgan fingerprint density at radius 1 is 1.57 bits per heavy atom. The molecular weight excluding hydrogens is 182 g/mol. The van der Waals surface area contributed by atoms with E-state index in [0.717, 1.165) is 11.3 Å². The van der Waals surface area contributed by atoms with Crippen LogP contribution in [0.4, 0.5) is 0 Å². The first-order chi connectivity index (χ1) is 6.59. The van der Waals surface area contributed by atoms with Crippen molar-refractivity contribution >= 4 is 12.0 Å². The molecule has 1 aromatic heterocycles. The molecule has 2 N–H and O–H groups in total. The second-order valence-electron chi connectivity index (χ2n) is 2.90. The molecular formula is C10H11NO3. The van der Waals surface area contributed by atoms with E-state index in [-0.39, 0.29) is 12.0 Å². The molecule has 0 aliphatic rings. The molecule has 0 spiro atoms. The third-order valence-corrected chi connectivity index (χ3v) is 1.75. The predicted molar refractivity (Wildman–Crippen MR) is 53.1 cm³/mol. The van der Waals surface area contributed by atoms with Gasteiger partial charge in [-0.05, 0) is 18.6 Å². The van der Waals surface area contributed by atoms with Crippen molar-refractivity contribution < 1.29 is 9.90 Å². The highest BCUT2D eigenvalue weighted by molar-refractivity contribution is 5.70. The van der Waals surface area contributed by atoms with Crippen LogP contribution in [0.15, 0.2) is 23.0 Å². The molecule has 0 aromatic carbocycles. The maximum atomic E-state index is 10.9. The van der Waals surface area contributed by atoms with E-state index in [9.17, 15) is 9.59 Å². The Labute approximate surface area is 80.9 Å². The lowest BCUT2D eigenvalue weighted by molar-refractivity contribution is -0.135. The average molecular weight is 193 g/mol. The second-order valence-corrected chi connectivity index (χ2v) is 2.90. The number of hydrogen-bond acceptors (Lipinski definition) is 2. The molecule has 1 rings (SSSR count). The summed E-state index contributed by atoms with van der Waals surface area (Å²) in [4.78, 5) is 23.7. The van der Waals surface area contributed by atoms with Gasteiger partial charge in [0.1, 0.15) is 0 Å². The Balaban J connectivity index is 2.82. The molecule has 0 fully saturated rings. The first-order valence-electron chi connectivity index (χ1n) is 4.18. The van der Waals surface area contributed by atoms with E-state index >= 15 is 0 Å². The first kappa shape index (κ1) is 10.2. The summed E-state index contributed by atoms with van der Waals surface area (Å²) >= 11 is 0. The summed E-state index contributed by atoms with van der Waals surface area (Å²) in [6, 6.07) is 3.07. The number of carbonyl (C=O) groups is 1. The van der Waals surface area contributed by atoms with Crippen LogP contribution in [0.25, 0.3) is 6.08 Å². The van der Waals surface area contributed by atoms with Crippen molar-refractivity contribution in [3.63, 3.8) is 0 Å². The van der Waals surface area contributed by atoms with Gasteiger partial charge in [0.25, 0.3) is 0 Å². The summed E-state index contributed by atoms with van der Waals surface area (Å²) in [6.07, 6.45) is 3.21. The number of aromatic amines is 1. The molecule has 4 heteroatoms. The molecule has 0 saturated carbocycles. The number of aryl methyl sites for hydroxylation is 1. The van der Waals surface area contributed by atoms with E-state index < -0.39 is 5.97 Å². The minimum absolute atomic E-state index is 0.0153. The Hall–Kier alpha value is -1.84. The zero-order valence-corrected chi connectivity index (χ0v) is 7.78. The van der Waals surface area contributed by atoms with Gasteiger partial charge in [-0.2, -0.15) is 0 Å². The molecule has 0 bridgehead atoms. The topological polar surface area (TPSA) is 70.2 Å². The SMILES string of the molecule is Cc1[nH]c(=O)ccc1C=CCC(=O)O. The Kier molecular flexibility index (Phi) is 3.23. The summed E-state index contributed by atoms with van der Waals surface area (Å²) < 4.78 is 0. The monoisotopic (exact) mass is 193 g/mol. The zero-order valence-electron chi connectivity index (χ0n) is 7.78. The Bertz CT molecular complexity index is 418. The molecule has 1 heterocycles. The van der Waals surface area contributed by atoms with Crippen LogP contribution in [0.5, 0.6) is 0 Å². The van der Waals surface area contributed by atoms with Crippen molar-refractivity contribution in [2.45, 2.75) is 13.3 Å². The number of nitrogens with one attached hydrogen (secondary N) is 1. The summed E-state index contributed by atoms with van der Waals surface area (Å²) in [5, 5.41) is 8.40. The molecule has 0 saturated heterocycles. The molecule has 0 amide bonds. The quantitative estimate of drug-likeness (QED) is 0.757. The normalized spacial score (nSPS) is 10.6. The van der Waals surface area contributed by atoms with Gasteiger partial charge < -0.3 is 10.1 Å². The van der Waals surface area contributed by atoms with E-state index in [1.165, 1.54) is 6.07 Å². The van der Waals surface area contributed by atoms with Crippen LogP contribution < -0.4 is 5.56 Å². The molecule has 0 radical (unpaired) electrons. The van der Waals surface area contributed by atoms with Crippen molar-refractivity contribution in [2.75, 3.05) is 0 Å². The number of rotatable bonds is 3. The summed E-state index contributed by atoms with van der Waals surface area (Å²) in [6.45, 7) is 1.77. The van der Waals surface area contributed by atoms with E-state index in [4.69, 9.17) is 5.11 Å². The summed E-state index contributed by atoms with van der Waals surface area (Å²) in [5.74, 6) is -0.872. The van der Waals surface area contributed by atoms with Gasteiger partial charge in [0.05, 0.1) is 6.42 Å². The number of aromatic nitrogens is 1. The van der Waals surface area contributed by atoms with E-state index in [0.29, 0.717) is 0 Å². The van der Waals surface area contributed by atoms with Crippen molar-refractivity contribution in [3.05, 3.63) is 39.8 Å². The molecule has 1 aromatic rings. The summed E-state index contributed by atoms with van der Waals surface area (Å²) in [7, 11) is 0. The van der Waals surface area contributed by atoms with Gasteiger partial charge in [0, 0.05) is 11.8 Å². The number of carboxylic acid groups (broad SMARTS) is 1. The van der Waals surface area contributed by atoms with Gasteiger partial charge in [-0.15, -0.1) is 0 Å². The van der Waals surface area contributed by atoms with Crippen LogP contribution in [0.1, 0.15) is 17.7 Å². The van der Waals surface area contributed by atoms with Crippen LogP contribution in [-0.4, -0.2) is 16.1 Å². The fraction of sp³-hybridized carbons (Fsp3) is 0.200. The Morgan fingerprint density at radius 2 is 2.29 bits per heavy atom. The third kappa shape index (κ3) is 2.90. The molecule has 0 unspecified atom stereocenters. The van der Waals surface area contributed by atoms with Crippen molar-refractivity contribution in [1.29, 1.82) is 0 Å². The second kappa shape index (κ2) is 4.41. The lowest BCUT2D eigenvalue weighted by Crippen LogP contribution is -2.05. The Morgan fingerprint density at radius 3 is 2.86 bits per heavy atom. The van der Waals surface area contributed by atoms with Crippen LogP contribution in [-0.2, 0) is 4.79 Å². The highest BCUT2D eigenvalue weighted by Gasteiger charge is 1.95. The van der Waals surface area contributed by atoms with E-state index in [2.05, 4.69) is 4.98 Å². The number of aliphatic carboxylic acids is 1. The molecule has 0 aliphatic carbocycles. The third-order valence-electron chi connectivity index (χ3n) is 1.75. The van der Waals surface area contributed by atoms with Crippen molar-refractivity contribution in [1.82, 2.24) is 4.98 Å². The van der Waals surface area contributed by atoms with E-state index in [1.54, 1.807) is 25.1 Å². The van der Waals surface area contributed by atoms with Crippen LogP contribution in [0.2, 0.25) is 0 Å². The molecule has 14 heavy (non-hydrogen) atoms. The van der Waals surface area contributed by atoms with Crippen molar-refractivity contribution in [2.24, 2.45) is 0 Å². The highest BCUT2D eigenvalue weighted by atomic mass is 16.4. The number of H-pyrrole nitrogens is 1. The van der Waals surface area contributed by atoms with Crippen LogP contribution in [0.3, 0.4) is 0 Å². The zero-order chi connectivity index (χ0) is 10.6. The van der Waals surface area contributed by atoms with Gasteiger partial charge in [0.2, 0.25) is 5.56 Å². The predicted octanol–water partition coefficient (Wildman–Crippen LogP) is 1.17. The van der Waals surface area contributed by atoms with E-state index in [1.807, 2.05) is 0 Å². The fourth-order valence-corrected chi connectivity index (χ4v) is 1.06. The molecule has 0 aliphatic heterocycles. The van der Waals surface area contributed by atoms with Crippen LogP contribution in [0, 0.1) is 6.92 Å². The van der Waals surface area contributed by atoms with Crippen molar-refractivity contribution in [3.8, 4) is 0 Å². The minimum Gasteiger partial charge on any atom is -0.481 e. The summed E-state index contributed by atoms with van der Waals surface area (Å²) in [5.41, 5.74) is 1.41. The fourth-order valence-electron chi connectivity index (χ4n) is 1.06. The van der Waals surface area contributed by atoms with Gasteiger partial charge in [-0.3, -0.25) is 9.59 Å². The maximum absolute atomic E-state index is 10.9. The number of pyridine rings is 1. The lowest BCUT2D eigenvalue weighted by atomic mass is 10.2. The van der Waals surface area contributed by atoms with Gasteiger partial charge in [0.15, 0.2) is 0 Å². The van der Waals surface area contributed by atoms with Gasteiger partial charge >= 0.3 is 5.97 Å². The number of carboxylic acids is 1. The van der Waals surface area contributed by atoms with Gasteiger partial charge in [-0.25, -0.2) is 0 Å². The standard InChI is InChI=1S/C10H11NO3/c1-7-8(3-2-4-10(13)14)5-6-9(12)11-7/h2-3,5-6H,4H2,1H3,(H,11,12)(H,13,14). The average Bonchev–Trinajstić information content (AvgIpc) is 2.08. The minimum atomic E-state index is -0.872. The molecule has 4 nitrogen and oxygen atoms in total. The first-order valence-corrected chi connectivity index (χ1v) is 4.18. The smallest absolute Gasteiger partial charge is 0.307 e. The highest BCUT2D eigenvalue weighted by Crippen LogP contribution is 2.04. The van der Waals surface area contributed by atoms with Gasteiger partial charge in [-0.1, -0.05) is 12.2 Å². The van der Waals surface area contributed by atoms with Crippen LogP contribution >= 0.6 is 0 Å². The molecule has 74 valence electrons. The number of hydrogen-bond donors (Lipinski definition) is 2.